The van der Waals surface area contributed by atoms with Crippen LogP contribution in [0.2, 0.25) is 0 Å². The Morgan fingerprint density at radius 3 is 1.66 bits per heavy atom. The summed E-state index contributed by atoms with van der Waals surface area (Å²) in [4.78, 5) is 2.26. The molecule has 4 rings (SSSR count). The number of phenolic OH excluding ortho intramolecular Hbond substituents is 1. The van der Waals surface area contributed by atoms with Crippen molar-refractivity contribution in [1.82, 2.24) is 0 Å². The van der Waals surface area contributed by atoms with Crippen LogP contribution in [0.3, 0.4) is 0 Å². The van der Waals surface area contributed by atoms with Gasteiger partial charge in [0.05, 0.1) is 5.69 Å². The van der Waals surface area contributed by atoms with Gasteiger partial charge in [0.15, 0.2) is 0 Å². The number of hydrogen-bond acceptors (Lipinski definition) is 2. The molecule has 4 aromatic rings. The largest absolute Gasteiger partial charge is 0.507 e. The van der Waals surface area contributed by atoms with Crippen LogP contribution >= 0.6 is 0 Å². The van der Waals surface area contributed by atoms with Gasteiger partial charge in [-0.15, -0.1) is 0 Å². The SMILES string of the molecule is CN(Cc1cccc(C(C)(C)C)c1O)c1c(-c2ccccc2)cccc1-c1ccccc1. The first-order valence-electron chi connectivity index (χ1n) is 11.1. The van der Waals surface area contributed by atoms with Crippen molar-refractivity contribution in [2.24, 2.45) is 0 Å². The van der Waals surface area contributed by atoms with E-state index in [0.29, 0.717) is 12.3 Å². The predicted octanol–water partition coefficient (Wildman–Crippen LogP) is 7.66. The minimum atomic E-state index is -0.115. The minimum absolute atomic E-state index is 0.115. The van der Waals surface area contributed by atoms with E-state index in [1.165, 1.54) is 22.3 Å². The molecule has 0 fully saturated rings. The van der Waals surface area contributed by atoms with Crippen molar-refractivity contribution >= 4 is 5.69 Å². The highest BCUT2D eigenvalue weighted by Gasteiger charge is 2.22. The summed E-state index contributed by atoms with van der Waals surface area (Å²) < 4.78 is 0. The van der Waals surface area contributed by atoms with Crippen LogP contribution in [-0.2, 0) is 12.0 Å². The molecule has 2 nitrogen and oxygen atoms in total. The molecular formula is C30H31NO. The molecule has 0 heterocycles. The van der Waals surface area contributed by atoms with Crippen molar-refractivity contribution in [3.63, 3.8) is 0 Å². The lowest BCUT2D eigenvalue weighted by Crippen LogP contribution is -2.19. The lowest BCUT2D eigenvalue weighted by atomic mass is 9.85. The zero-order valence-corrected chi connectivity index (χ0v) is 19.3. The van der Waals surface area contributed by atoms with Gasteiger partial charge in [0, 0.05) is 30.3 Å². The molecule has 0 aliphatic heterocycles. The van der Waals surface area contributed by atoms with E-state index >= 15 is 0 Å². The first kappa shape index (κ1) is 21.7. The summed E-state index contributed by atoms with van der Waals surface area (Å²) in [5.74, 6) is 0.394. The van der Waals surface area contributed by atoms with Crippen molar-refractivity contribution in [2.45, 2.75) is 32.7 Å². The van der Waals surface area contributed by atoms with Gasteiger partial charge in [0.2, 0.25) is 0 Å². The molecule has 1 N–H and O–H groups in total. The third-order valence-electron chi connectivity index (χ3n) is 5.92. The second kappa shape index (κ2) is 8.92. The predicted molar refractivity (Wildman–Crippen MR) is 136 cm³/mol. The molecular weight excluding hydrogens is 390 g/mol. The van der Waals surface area contributed by atoms with Gasteiger partial charge in [-0.2, -0.15) is 0 Å². The summed E-state index contributed by atoms with van der Waals surface area (Å²) in [5.41, 5.74) is 7.67. The number of anilines is 1. The lowest BCUT2D eigenvalue weighted by Gasteiger charge is -2.28. The average molecular weight is 422 g/mol. The second-order valence-corrected chi connectivity index (χ2v) is 9.35. The van der Waals surface area contributed by atoms with Gasteiger partial charge in [-0.05, 0) is 22.1 Å². The number of nitrogens with zero attached hydrogens (tertiary/aromatic N) is 1. The van der Waals surface area contributed by atoms with Gasteiger partial charge in [-0.1, -0.05) is 118 Å². The maximum absolute atomic E-state index is 11.1. The Balaban J connectivity index is 1.84. The normalized spacial score (nSPS) is 11.4. The van der Waals surface area contributed by atoms with Gasteiger partial charge in [-0.25, -0.2) is 0 Å². The number of aromatic hydroxyl groups is 1. The smallest absolute Gasteiger partial charge is 0.124 e. The van der Waals surface area contributed by atoms with E-state index in [1.54, 1.807) is 0 Å². The second-order valence-electron chi connectivity index (χ2n) is 9.35. The van der Waals surface area contributed by atoms with Crippen LogP contribution in [0, 0.1) is 0 Å². The topological polar surface area (TPSA) is 23.5 Å². The van der Waals surface area contributed by atoms with Gasteiger partial charge in [0.1, 0.15) is 5.75 Å². The van der Waals surface area contributed by atoms with Crippen LogP contribution in [0.25, 0.3) is 22.3 Å². The summed E-state index contributed by atoms with van der Waals surface area (Å²) in [6.45, 7) is 7.01. The van der Waals surface area contributed by atoms with Crippen molar-refractivity contribution in [3.05, 3.63) is 108 Å². The summed E-state index contributed by atoms with van der Waals surface area (Å²) in [5, 5.41) is 11.1. The maximum atomic E-state index is 11.1. The number of benzene rings is 4. The van der Waals surface area contributed by atoms with E-state index in [9.17, 15) is 5.11 Å². The van der Waals surface area contributed by atoms with Gasteiger partial charge >= 0.3 is 0 Å². The van der Waals surface area contributed by atoms with Crippen LogP contribution in [0.15, 0.2) is 97.1 Å². The maximum Gasteiger partial charge on any atom is 0.124 e. The quantitative estimate of drug-likeness (QED) is 0.357. The van der Waals surface area contributed by atoms with E-state index in [2.05, 4.69) is 99.4 Å². The number of phenols is 1. The van der Waals surface area contributed by atoms with Crippen LogP contribution < -0.4 is 4.90 Å². The Morgan fingerprint density at radius 1 is 0.656 bits per heavy atom. The van der Waals surface area contributed by atoms with Crippen LogP contribution in [-0.4, -0.2) is 12.2 Å². The fraction of sp³-hybridized carbons (Fsp3) is 0.200. The van der Waals surface area contributed by atoms with Crippen molar-refractivity contribution in [1.29, 1.82) is 0 Å². The molecule has 0 atom stereocenters. The first-order valence-corrected chi connectivity index (χ1v) is 11.1. The van der Waals surface area contributed by atoms with Gasteiger partial charge in [-0.3, -0.25) is 0 Å². The number of hydrogen-bond donors (Lipinski definition) is 1. The van der Waals surface area contributed by atoms with E-state index < -0.39 is 0 Å². The highest BCUT2D eigenvalue weighted by Crippen LogP contribution is 2.41. The molecule has 0 bridgehead atoms. The zero-order chi connectivity index (χ0) is 22.7. The zero-order valence-electron chi connectivity index (χ0n) is 19.3. The van der Waals surface area contributed by atoms with E-state index in [-0.39, 0.29) is 5.41 Å². The van der Waals surface area contributed by atoms with E-state index in [0.717, 1.165) is 16.8 Å². The molecule has 162 valence electrons. The third-order valence-corrected chi connectivity index (χ3v) is 5.92. The molecule has 0 radical (unpaired) electrons. The first-order chi connectivity index (χ1) is 15.4. The van der Waals surface area contributed by atoms with Crippen LogP contribution in [0.4, 0.5) is 5.69 Å². The molecule has 2 heteroatoms. The monoisotopic (exact) mass is 421 g/mol. The molecule has 0 amide bonds. The van der Waals surface area contributed by atoms with Gasteiger partial charge in [0.25, 0.3) is 0 Å². The molecule has 4 aromatic carbocycles. The van der Waals surface area contributed by atoms with Crippen molar-refractivity contribution in [2.75, 3.05) is 11.9 Å². The molecule has 0 unspecified atom stereocenters. The fourth-order valence-electron chi connectivity index (χ4n) is 4.31. The average Bonchev–Trinajstić information content (AvgIpc) is 2.80. The standard InChI is InChI=1S/C30H31NO/c1-30(2,3)27-20-11-17-24(29(27)32)21-31(4)28-25(22-13-7-5-8-14-22)18-12-19-26(28)23-15-9-6-10-16-23/h5-20,32H,21H2,1-4H3. The summed E-state index contributed by atoms with van der Waals surface area (Å²) in [6, 6.07) is 33.6. The van der Waals surface area contributed by atoms with Gasteiger partial charge < -0.3 is 10.0 Å². The summed E-state index contributed by atoms with van der Waals surface area (Å²) >= 11 is 0. The Labute approximate surface area is 191 Å². The van der Waals surface area contributed by atoms with Crippen LogP contribution in [0.5, 0.6) is 5.75 Å². The third kappa shape index (κ3) is 4.40. The van der Waals surface area contributed by atoms with Crippen molar-refractivity contribution in [3.8, 4) is 28.0 Å². The summed E-state index contributed by atoms with van der Waals surface area (Å²) in [7, 11) is 2.11. The van der Waals surface area contributed by atoms with Crippen molar-refractivity contribution < 1.29 is 5.11 Å². The molecule has 0 saturated heterocycles. The highest BCUT2D eigenvalue weighted by molar-refractivity contribution is 5.91. The molecule has 0 saturated carbocycles. The molecule has 0 spiro atoms. The molecule has 0 aliphatic carbocycles. The van der Waals surface area contributed by atoms with Crippen LogP contribution in [0.1, 0.15) is 31.9 Å². The molecule has 0 aromatic heterocycles. The Bertz CT molecular complexity index is 1130. The highest BCUT2D eigenvalue weighted by atomic mass is 16.3. The minimum Gasteiger partial charge on any atom is -0.507 e. The summed E-state index contributed by atoms with van der Waals surface area (Å²) in [6.07, 6.45) is 0. The lowest BCUT2D eigenvalue weighted by molar-refractivity contribution is 0.440. The molecule has 32 heavy (non-hydrogen) atoms. The van der Waals surface area contributed by atoms with E-state index in [1.807, 2.05) is 30.3 Å². The molecule has 0 aliphatic rings. The fourth-order valence-corrected chi connectivity index (χ4v) is 4.31. The number of rotatable bonds is 5. The Kier molecular flexibility index (Phi) is 6.05. The van der Waals surface area contributed by atoms with E-state index in [4.69, 9.17) is 0 Å². The Hall–Kier alpha value is -3.52. The Morgan fingerprint density at radius 2 is 1.16 bits per heavy atom. The number of para-hydroxylation sites is 2.